The first-order chi connectivity index (χ1) is 11.8. The minimum absolute atomic E-state index is 0.0611. The lowest BCUT2D eigenvalue weighted by molar-refractivity contribution is -0.0741. The van der Waals surface area contributed by atoms with Crippen LogP contribution in [0.15, 0.2) is 12.4 Å². The second-order valence-corrected chi connectivity index (χ2v) is 6.83. The third-order valence-electron chi connectivity index (χ3n) is 5.34. The molecule has 132 valence electrons. The van der Waals surface area contributed by atoms with E-state index in [1.807, 2.05) is 0 Å². The molecule has 1 aliphatic carbocycles. The largest absolute Gasteiger partial charge is 0.374 e. The summed E-state index contributed by atoms with van der Waals surface area (Å²) in [4.78, 5) is 12.9. The molecule has 2 aliphatic heterocycles. The van der Waals surface area contributed by atoms with Crippen molar-refractivity contribution in [2.24, 2.45) is 0 Å². The Hall–Kier alpha value is -1.31. The van der Waals surface area contributed by atoms with E-state index in [-0.39, 0.29) is 18.2 Å². The predicted octanol–water partition coefficient (Wildman–Crippen LogP) is 1.46. The topological polar surface area (TPSA) is 50.7 Å². The molecule has 0 unspecified atom stereocenters. The normalized spacial score (nSPS) is 30.7. The van der Waals surface area contributed by atoms with Gasteiger partial charge in [-0.25, -0.2) is 14.4 Å². The molecule has 3 fully saturated rings. The summed E-state index contributed by atoms with van der Waals surface area (Å²) in [6.45, 7) is 5.56. The maximum absolute atomic E-state index is 13.1. The van der Waals surface area contributed by atoms with Crippen molar-refractivity contribution in [2.75, 3.05) is 44.3 Å². The monoisotopic (exact) mass is 336 g/mol. The number of nitrogens with zero attached hydrogens (tertiary/aromatic N) is 4. The zero-order valence-corrected chi connectivity index (χ0v) is 13.9. The molecule has 2 saturated heterocycles. The molecule has 0 aromatic carbocycles. The Kier molecular flexibility index (Phi) is 4.91. The highest BCUT2D eigenvalue weighted by molar-refractivity contribution is 5.33. The number of hydrogen-bond acceptors (Lipinski definition) is 6. The summed E-state index contributed by atoms with van der Waals surface area (Å²) in [7, 11) is 0. The van der Waals surface area contributed by atoms with Crippen LogP contribution < -0.4 is 4.90 Å². The van der Waals surface area contributed by atoms with Gasteiger partial charge in [-0.15, -0.1) is 0 Å². The zero-order chi connectivity index (χ0) is 16.4. The van der Waals surface area contributed by atoms with Crippen molar-refractivity contribution in [1.82, 2.24) is 14.9 Å². The molecule has 0 N–H and O–H groups in total. The van der Waals surface area contributed by atoms with Crippen molar-refractivity contribution in [1.29, 1.82) is 0 Å². The number of hydrogen-bond donors (Lipinski definition) is 0. The average Bonchev–Trinajstić information content (AvgIpc) is 3.26. The fourth-order valence-corrected chi connectivity index (χ4v) is 4.14. The summed E-state index contributed by atoms with van der Waals surface area (Å²) in [6.07, 6.45) is 7.27. The van der Waals surface area contributed by atoms with Crippen molar-refractivity contribution in [3.8, 4) is 0 Å². The van der Waals surface area contributed by atoms with Crippen LogP contribution in [0, 0.1) is 5.82 Å². The third kappa shape index (κ3) is 3.38. The molecule has 3 aliphatic rings. The van der Waals surface area contributed by atoms with Crippen molar-refractivity contribution in [3.63, 3.8) is 0 Å². The molecule has 0 bridgehead atoms. The second kappa shape index (κ2) is 7.29. The summed E-state index contributed by atoms with van der Waals surface area (Å²) in [6, 6.07) is 0.223. The summed E-state index contributed by atoms with van der Waals surface area (Å²) >= 11 is 0. The van der Waals surface area contributed by atoms with E-state index in [4.69, 9.17) is 9.47 Å². The van der Waals surface area contributed by atoms with Crippen molar-refractivity contribution >= 4 is 5.95 Å². The van der Waals surface area contributed by atoms with Gasteiger partial charge in [0.2, 0.25) is 5.95 Å². The van der Waals surface area contributed by atoms with E-state index in [0.717, 1.165) is 32.5 Å². The van der Waals surface area contributed by atoms with Gasteiger partial charge in [0.05, 0.1) is 37.8 Å². The number of fused-ring (bicyclic) bond motifs is 1. The van der Waals surface area contributed by atoms with E-state index in [2.05, 4.69) is 19.8 Å². The number of rotatable bonds is 5. The minimum Gasteiger partial charge on any atom is -0.374 e. The highest BCUT2D eigenvalue weighted by Gasteiger charge is 2.44. The van der Waals surface area contributed by atoms with E-state index < -0.39 is 5.82 Å². The van der Waals surface area contributed by atoms with Gasteiger partial charge in [-0.3, -0.25) is 0 Å². The van der Waals surface area contributed by atoms with Crippen LogP contribution >= 0.6 is 0 Å². The van der Waals surface area contributed by atoms with Gasteiger partial charge in [-0.1, -0.05) is 0 Å². The number of morpholine rings is 1. The van der Waals surface area contributed by atoms with Crippen LogP contribution in [0.25, 0.3) is 0 Å². The number of likely N-dealkylation sites (tertiary alicyclic amines) is 1. The molecule has 3 atom stereocenters. The van der Waals surface area contributed by atoms with Crippen molar-refractivity contribution in [3.05, 3.63) is 18.2 Å². The average molecular weight is 336 g/mol. The van der Waals surface area contributed by atoms with Gasteiger partial charge < -0.3 is 19.3 Å². The molecule has 6 nitrogen and oxygen atoms in total. The molecule has 0 spiro atoms. The van der Waals surface area contributed by atoms with E-state index >= 15 is 0 Å². The fraction of sp³-hybridized carbons (Fsp3) is 0.765. The molecule has 7 heteroatoms. The van der Waals surface area contributed by atoms with Gasteiger partial charge in [0.1, 0.15) is 6.10 Å². The van der Waals surface area contributed by atoms with Gasteiger partial charge in [-0.05, 0) is 38.8 Å². The van der Waals surface area contributed by atoms with Crippen LogP contribution in [0.2, 0.25) is 0 Å². The van der Waals surface area contributed by atoms with Gasteiger partial charge in [0, 0.05) is 13.1 Å². The maximum Gasteiger partial charge on any atom is 0.225 e. The van der Waals surface area contributed by atoms with E-state index in [9.17, 15) is 4.39 Å². The summed E-state index contributed by atoms with van der Waals surface area (Å²) in [5, 5.41) is 0. The number of anilines is 1. The Morgan fingerprint density at radius 1 is 1.17 bits per heavy atom. The standard InChI is InChI=1S/C17H25FN4O2/c18-13-11-19-17(20-12-13)22-8-10-24-16-14(22)3-4-15(16)23-9-7-21-5-1-2-6-21/h11-12,14-16H,1-10H2/t14-,15+,16+/m0/s1. The fourth-order valence-electron chi connectivity index (χ4n) is 4.14. The highest BCUT2D eigenvalue weighted by atomic mass is 19.1. The lowest BCUT2D eigenvalue weighted by Gasteiger charge is -2.39. The number of aromatic nitrogens is 2. The Morgan fingerprint density at radius 2 is 1.96 bits per heavy atom. The van der Waals surface area contributed by atoms with Gasteiger partial charge in [-0.2, -0.15) is 0 Å². The molecule has 0 radical (unpaired) electrons. The van der Waals surface area contributed by atoms with Gasteiger partial charge in [0.25, 0.3) is 0 Å². The Labute approximate surface area is 142 Å². The Morgan fingerprint density at radius 3 is 2.75 bits per heavy atom. The first-order valence-electron chi connectivity index (χ1n) is 9.01. The molecule has 1 saturated carbocycles. The molecule has 4 rings (SSSR count). The smallest absolute Gasteiger partial charge is 0.225 e. The summed E-state index contributed by atoms with van der Waals surface area (Å²) < 4.78 is 25.2. The molecular weight excluding hydrogens is 311 g/mol. The first-order valence-corrected chi connectivity index (χ1v) is 9.01. The zero-order valence-electron chi connectivity index (χ0n) is 13.9. The van der Waals surface area contributed by atoms with Crippen LogP contribution in [0.5, 0.6) is 0 Å². The Balaban J connectivity index is 1.34. The van der Waals surface area contributed by atoms with Gasteiger partial charge in [0.15, 0.2) is 5.82 Å². The van der Waals surface area contributed by atoms with E-state index in [1.165, 1.54) is 38.3 Å². The predicted molar refractivity (Wildman–Crippen MR) is 87.5 cm³/mol. The summed E-state index contributed by atoms with van der Waals surface area (Å²) in [5.41, 5.74) is 0. The number of ether oxygens (including phenoxy) is 2. The summed E-state index contributed by atoms with van der Waals surface area (Å²) in [5.74, 6) is 0.186. The van der Waals surface area contributed by atoms with Crippen LogP contribution in [0.1, 0.15) is 25.7 Å². The number of halogens is 1. The quantitative estimate of drug-likeness (QED) is 0.811. The maximum atomic E-state index is 13.1. The lowest BCUT2D eigenvalue weighted by atomic mass is 10.1. The van der Waals surface area contributed by atoms with Crippen molar-refractivity contribution in [2.45, 2.75) is 43.9 Å². The second-order valence-electron chi connectivity index (χ2n) is 6.83. The lowest BCUT2D eigenvalue weighted by Crippen LogP contribution is -2.52. The molecule has 1 aromatic heterocycles. The van der Waals surface area contributed by atoms with Crippen LogP contribution in [0.4, 0.5) is 10.3 Å². The van der Waals surface area contributed by atoms with Crippen LogP contribution in [-0.4, -0.2) is 72.5 Å². The van der Waals surface area contributed by atoms with Crippen LogP contribution in [-0.2, 0) is 9.47 Å². The van der Waals surface area contributed by atoms with E-state index in [0.29, 0.717) is 12.6 Å². The third-order valence-corrected chi connectivity index (χ3v) is 5.34. The van der Waals surface area contributed by atoms with E-state index in [1.54, 1.807) is 0 Å². The van der Waals surface area contributed by atoms with Crippen LogP contribution in [0.3, 0.4) is 0 Å². The van der Waals surface area contributed by atoms with Crippen molar-refractivity contribution < 1.29 is 13.9 Å². The SMILES string of the molecule is Fc1cnc(N2CCO[C@H]3[C@H](OCCN4CCCC4)CC[C@@H]32)nc1. The first kappa shape index (κ1) is 16.2. The highest BCUT2D eigenvalue weighted by Crippen LogP contribution is 2.33. The van der Waals surface area contributed by atoms with Gasteiger partial charge >= 0.3 is 0 Å². The Bertz CT molecular complexity index is 538. The molecule has 3 heterocycles. The molecule has 24 heavy (non-hydrogen) atoms. The minimum atomic E-state index is -0.405. The molecule has 0 amide bonds. The molecule has 1 aromatic rings. The molecular formula is C17H25FN4O2.